The van der Waals surface area contributed by atoms with Gasteiger partial charge in [-0.1, -0.05) is 6.92 Å². The first-order chi connectivity index (χ1) is 10.2. The smallest absolute Gasteiger partial charge is 0.353 e. The monoisotopic (exact) mass is 327 g/mol. The summed E-state index contributed by atoms with van der Waals surface area (Å²) in [6.45, 7) is 3.43. The largest absolute Gasteiger partial charge is 0.477 e. The minimum atomic E-state index is -1.13. The average Bonchev–Trinajstić information content (AvgIpc) is 2.65. The van der Waals surface area contributed by atoms with Gasteiger partial charge in [-0.15, -0.1) is 11.8 Å². The zero-order chi connectivity index (χ0) is 16.8. The molecule has 0 aromatic rings. The summed E-state index contributed by atoms with van der Waals surface area (Å²) in [7, 11) is 3.52. The Labute approximate surface area is 133 Å². The van der Waals surface area contributed by atoms with Gasteiger partial charge in [-0.2, -0.15) is 0 Å². The number of rotatable bonds is 5. The quantitative estimate of drug-likeness (QED) is 0.384. The maximum atomic E-state index is 12.1. The number of carboxylic acid groups (broad SMARTS) is 1. The molecule has 2 heterocycles. The molecule has 1 amide bonds. The summed E-state index contributed by atoms with van der Waals surface area (Å²) in [5.41, 5.74) is 0.0101. The highest BCUT2D eigenvalue weighted by Crippen LogP contribution is 2.50. The molecule has 1 fully saturated rings. The molecule has 1 unspecified atom stereocenters. The van der Waals surface area contributed by atoms with Crippen molar-refractivity contribution in [2.75, 3.05) is 19.8 Å². The van der Waals surface area contributed by atoms with E-state index in [9.17, 15) is 19.8 Å². The van der Waals surface area contributed by atoms with Crippen molar-refractivity contribution in [3.8, 4) is 0 Å². The van der Waals surface area contributed by atoms with E-state index in [1.165, 1.54) is 16.7 Å². The summed E-state index contributed by atoms with van der Waals surface area (Å²) >= 11 is 1.29. The molecule has 122 valence electrons. The van der Waals surface area contributed by atoms with Crippen molar-refractivity contribution in [1.82, 2.24) is 9.80 Å². The van der Waals surface area contributed by atoms with Crippen LogP contribution in [0.4, 0.5) is 0 Å². The SMILES string of the molecule is CC(O)[C@H]1C(=O)N2C(C(=O)O)=C(SCC(=N)N(C)C)[C@H](C)[C@H]12. The standard InChI is InChI=1S/C14H21N3O4S/c1-6-10-9(7(2)18)13(19)17(10)11(14(20)21)12(6)22-5-8(15)16(3)4/h6-7,9-10,15,18H,5H2,1-4H3,(H,20,21)/t6-,7?,9-,10-/m1/s1. The summed E-state index contributed by atoms with van der Waals surface area (Å²) in [5.74, 6) is -1.44. The Bertz CT molecular complexity index is 558. The highest BCUT2D eigenvalue weighted by atomic mass is 32.2. The van der Waals surface area contributed by atoms with Crippen LogP contribution in [-0.2, 0) is 9.59 Å². The topological polar surface area (TPSA) is 105 Å². The van der Waals surface area contributed by atoms with Gasteiger partial charge in [0.15, 0.2) is 0 Å². The summed E-state index contributed by atoms with van der Waals surface area (Å²) in [6, 6.07) is -0.297. The van der Waals surface area contributed by atoms with Crippen molar-refractivity contribution in [1.29, 1.82) is 5.41 Å². The zero-order valence-electron chi connectivity index (χ0n) is 13.0. The molecule has 2 aliphatic rings. The zero-order valence-corrected chi connectivity index (χ0v) is 13.8. The number of nitrogens with one attached hydrogen (secondary N) is 1. The van der Waals surface area contributed by atoms with E-state index >= 15 is 0 Å². The lowest BCUT2D eigenvalue weighted by Crippen LogP contribution is -2.63. The van der Waals surface area contributed by atoms with Crippen molar-refractivity contribution in [3.63, 3.8) is 0 Å². The van der Waals surface area contributed by atoms with Crippen LogP contribution in [0.1, 0.15) is 13.8 Å². The van der Waals surface area contributed by atoms with E-state index in [4.69, 9.17) is 5.41 Å². The third-order valence-corrected chi connectivity index (χ3v) is 5.51. The first-order valence-corrected chi connectivity index (χ1v) is 8.03. The van der Waals surface area contributed by atoms with Crippen LogP contribution in [0.25, 0.3) is 0 Å². The second kappa shape index (κ2) is 5.92. The van der Waals surface area contributed by atoms with E-state index in [-0.39, 0.29) is 23.6 Å². The Hall–Kier alpha value is -1.54. The van der Waals surface area contributed by atoms with E-state index in [1.54, 1.807) is 25.9 Å². The first-order valence-electron chi connectivity index (χ1n) is 7.04. The third-order valence-electron chi connectivity index (χ3n) is 4.22. The van der Waals surface area contributed by atoms with Gasteiger partial charge in [-0.05, 0) is 6.92 Å². The number of fused-ring (bicyclic) bond motifs is 1. The summed E-state index contributed by atoms with van der Waals surface area (Å²) in [6.07, 6.45) is -0.796. The molecule has 0 aliphatic carbocycles. The molecule has 0 spiro atoms. The Kier molecular flexibility index (Phi) is 4.53. The highest BCUT2D eigenvalue weighted by molar-refractivity contribution is 8.03. The van der Waals surface area contributed by atoms with Crippen molar-refractivity contribution in [3.05, 3.63) is 10.6 Å². The number of carboxylic acids is 1. The fourth-order valence-corrected chi connectivity index (χ4v) is 4.27. The first kappa shape index (κ1) is 16.8. The second-order valence-electron chi connectivity index (χ2n) is 5.90. The molecule has 0 saturated carbocycles. The lowest BCUT2D eigenvalue weighted by molar-refractivity contribution is -0.163. The molecule has 2 rings (SSSR count). The van der Waals surface area contributed by atoms with E-state index in [1.807, 2.05) is 6.92 Å². The number of amides is 1. The second-order valence-corrected chi connectivity index (χ2v) is 6.92. The van der Waals surface area contributed by atoms with Gasteiger partial charge in [-0.25, -0.2) is 4.79 Å². The van der Waals surface area contributed by atoms with Crippen LogP contribution in [-0.4, -0.2) is 69.7 Å². The molecule has 3 N–H and O–H groups in total. The van der Waals surface area contributed by atoms with E-state index in [0.717, 1.165) is 0 Å². The molecule has 8 heteroatoms. The van der Waals surface area contributed by atoms with Gasteiger partial charge in [0, 0.05) is 24.9 Å². The fraction of sp³-hybridized carbons (Fsp3) is 0.643. The normalized spacial score (nSPS) is 28.3. The summed E-state index contributed by atoms with van der Waals surface area (Å²) < 4.78 is 0. The molecular formula is C14H21N3O4S. The van der Waals surface area contributed by atoms with Crippen LogP contribution in [0, 0.1) is 17.2 Å². The van der Waals surface area contributed by atoms with E-state index in [2.05, 4.69) is 0 Å². The maximum Gasteiger partial charge on any atom is 0.353 e. The van der Waals surface area contributed by atoms with Crippen molar-refractivity contribution in [2.45, 2.75) is 26.0 Å². The minimum Gasteiger partial charge on any atom is -0.477 e. The van der Waals surface area contributed by atoms with Crippen LogP contribution in [0.2, 0.25) is 0 Å². The number of carbonyl (C=O) groups excluding carboxylic acids is 1. The number of aliphatic carboxylic acids is 1. The maximum absolute atomic E-state index is 12.1. The molecule has 22 heavy (non-hydrogen) atoms. The van der Waals surface area contributed by atoms with Crippen LogP contribution >= 0.6 is 11.8 Å². The van der Waals surface area contributed by atoms with Gasteiger partial charge in [-0.3, -0.25) is 10.2 Å². The lowest BCUT2D eigenvalue weighted by atomic mass is 9.79. The van der Waals surface area contributed by atoms with Gasteiger partial charge in [0.1, 0.15) is 11.5 Å². The van der Waals surface area contributed by atoms with Crippen molar-refractivity contribution < 1.29 is 19.8 Å². The number of nitrogens with zero attached hydrogens (tertiary/aromatic N) is 2. The molecular weight excluding hydrogens is 306 g/mol. The molecule has 0 aromatic carbocycles. The Morgan fingerprint density at radius 2 is 2.09 bits per heavy atom. The number of thioether (sulfide) groups is 1. The van der Waals surface area contributed by atoms with Crippen LogP contribution in [0.3, 0.4) is 0 Å². The fourth-order valence-electron chi connectivity index (χ4n) is 2.99. The van der Waals surface area contributed by atoms with Gasteiger partial charge < -0.3 is 20.0 Å². The lowest BCUT2D eigenvalue weighted by Gasteiger charge is -2.46. The van der Waals surface area contributed by atoms with Gasteiger partial charge >= 0.3 is 5.97 Å². The average molecular weight is 327 g/mol. The molecule has 4 atom stereocenters. The number of amidine groups is 1. The number of β-lactam (4-membered cyclic amide) rings is 1. The number of aliphatic hydroxyl groups is 1. The van der Waals surface area contributed by atoms with Crippen LogP contribution in [0.15, 0.2) is 10.6 Å². The van der Waals surface area contributed by atoms with Crippen LogP contribution in [0.5, 0.6) is 0 Å². The number of hydrogen-bond donors (Lipinski definition) is 3. The van der Waals surface area contributed by atoms with Gasteiger partial charge in [0.25, 0.3) is 0 Å². The van der Waals surface area contributed by atoms with Crippen molar-refractivity contribution in [2.24, 2.45) is 11.8 Å². The third kappa shape index (κ3) is 2.50. The molecule has 0 bridgehead atoms. The number of carbonyl (C=O) groups is 2. The Balaban J connectivity index is 2.26. The minimum absolute atomic E-state index is 0.0101. The summed E-state index contributed by atoms with van der Waals surface area (Å²) in [5, 5.41) is 27.0. The number of hydrogen-bond acceptors (Lipinski definition) is 5. The van der Waals surface area contributed by atoms with Gasteiger partial charge in [0.05, 0.1) is 23.8 Å². The highest BCUT2D eigenvalue weighted by Gasteiger charge is 2.59. The van der Waals surface area contributed by atoms with Gasteiger partial charge in [0.2, 0.25) is 5.91 Å². The molecule has 1 saturated heterocycles. The summed E-state index contributed by atoms with van der Waals surface area (Å²) in [4.78, 5) is 27.3. The predicted molar refractivity (Wildman–Crippen MR) is 83.5 cm³/mol. The predicted octanol–water partition coefficient (Wildman–Crippen LogP) is 0.412. The van der Waals surface area contributed by atoms with E-state index < -0.39 is 18.0 Å². The molecule has 2 aliphatic heterocycles. The Morgan fingerprint density at radius 3 is 2.55 bits per heavy atom. The van der Waals surface area contributed by atoms with Crippen LogP contribution < -0.4 is 0 Å². The van der Waals surface area contributed by atoms with E-state index in [0.29, 0.717) is 16.5 Å². The molecule has 0 radical (unpaired) electrons. The molecule has 7 nitrogen and oxygen atoms in total. The number of aliphatic hydroxyl groups excluding tert-OH is 1. The van der Waals surface area contributed by atoms with Crippen molar-refractivity contribution >= 4 is 29.5 Å². The molecule has 0 aromatic heterocycles. The Morgan fingerprint density at radius 1 is 1.50 bits per heavy atom.